The van der Waals surface area contributed by atoms with Gasteiger partial charge in [0.25, 0.3) is 0 Å². The lowest BCUT2D eigenvalue weighted by Crippen LogP contribution is -2.36. The topological polar surface area (TPSA) is 52.6 Å². The van der Waals surface area contributed by atoms with Gasteiger partial charge in [0.05, 0.1) is 0 Å². The molecule has 0 aliphatic carbocycles. The van der Waals surface area contributed by atoms with Gasteiger partial charge in [0, 0.05) is 38.0 Å². The molecule has 0 atom stereocenters. The summed E-state index contributed by atoms with van der Waals surface area (Å²) in [6.07, 6.45) is 1.99. The number of benzene rings is 1. The molecule has 1 amide bonds. The first-order valence-electron chi connectivity index (χ1n) is 5.98. The van der Waals surface area contributed by atoms with Gasteiger partial charge in [0.2, 0.25) is 5.91 Å². The van der Waals surface area contributed by atoms with Gasteiger partial charge >= 0.3 is 0 Å². The Balaban J connectivity index is 2.28. The van der Waals surface area contributed by atoms with Gasteiger partial charge in [-0.15, -0.1) is 0 Å². The van der Waals surface area contributed by atoms with Crippen LogP contribution in [0, 0.1) is 0 Å². The largest absolute Gasteiger partial charge is 0.396 e. The third-order valence-corrected chi connectivity index (χ3v) is 3.11. The van der Waals surface area contributed by atoms with E-state index in [2.05, 4.69) is 11.4 Å². The van der Waals surface area contributed by atoms with Crippen molar-refractivity contribution < 1.29 is 9.90 Å². The van der Waals surface area contributed by atoms with E-state index in [1.807, 2.05) is 19.2 Å². The van der Waals surface area contributed by atoms with Crippen LogP contribution in [-0.2, 0) is 11.2 Å². The van der Waals surface area contributed by atoms with E-state index in [9.17, 15) is 4.79 Å². The summed E-state index contributed by atoms with van der Waals surface area (Å²) in [7, 11) is 1.89. The van der Waals surface area contributed by atoms with Crippen molar-refractivity contribution in [2.24, 2.45) is 0 Å². The molecular formula is C13H18N2O2. The Morgan fingerprint density at radius 3 is 2.94 bits per heavy atom. The van der Waals surface area contributed by atoms with Crippen LogP contribution in [0.2, 0.25) is 0 Å². The number of aryl methyl sites for hydroxylation is 1. The summed E-state index contributed by atoms with van der Waals surface area (Å²) in [6.45, 7) is 0.717. The quantitative estimate of drug-likeness (QED) is 0.827. The molecule has 0 radical (unpaired) electrons. The number of nitrogens with one attached hydrogen (secondary N) is 1. The van der Waals surface area contributed by atoms with Gasteiger partial charge in [-0.1, -0.05) is 0 Å². The number of anilines is 2. The molecule has 0 spiro atoms. The zero-order valence-electron chi connectivity index (χ0n) is 10.1. The van der Waals surface area contributed by atoms with Crippen molar-refractivity contribution in [2.45, 2.75) is 19.3 Å². The lowest BCUT2D eigenvalue weighted by atomic mass is 10.00. The maximum atomic E-state index is 11.8. The Bertz CT molecular complexity index is 418. The van der Waals surface area contributed by atoms with Crippen molar-refractivity contribution in [1.29, 1.82) is 0 Å². The zero-order valence-corrected chi connectivity index (χ0v) is 10.1. The molecule has 17 heavy (non-hydrogen) atoms. The molecule has 0 bridgehead atoms. The number of carbonyl (C=O) groups excluding carboxylic acids is 1. The van der Waals surface area contributed by atoms with Gasteiger partial charge in [0.15, 0.2) is 0 Å². The molecule has 1 aliphatic rings. The van der Waals surface area contributed by atoms with Crippen LogP contribution in [0.1, 0.15) is 18.4 Å². The lowest BCUT2D eigenvalue weighted by Gasteiger charge is -2.29. The smallest absolute Gasteiger partial charge is 0.227 e. The minimum absolute atomic E-state index is 0.119. The maximum Gasteiger partial charge on any atom is 0.227 e. The number of amides is 1. The van der Waals surface area contributed by atoms with Crippen LogP contribution in [0.4, 0.5) is 11.4 Å². The van der Waals surface area contributed by atoms with Gasteiger partial charge in [0.1, 0.15) is 0 Å². The van der Waals surface area contributed by atoms with E-state index < -0.39 is 0 Å². The third kappa shape index (κ3) is 2.42. The molecule has 2 N–H and O–H groups in total. The van der Waals surface area contributed by atoms with Crippen molar-refractivity contribution in [2.75, 3.05) is 30.4 Å². The molecule has 1 heterocycles. The van der Waals surface area contributed by atoms with E-state index in [0.717, 1.165) is 17.8 Å². The summed E-state index contributed by atoms with van der Waals surface area (Å²) >= 11 is 0. The predicted octanol–water partition coefficient (Wildman–Crippen LogP) is 1.39. The minimum atomic E-state index is 0.119. The van der Waals surface area contributed by atoms with E-state index in [-0.39, 0.29) is 12.5 Å². The van der Waals surface area contributed by atoms with Crippen molar-refractivity contribution in [1.82, 2.24) is 0 Å². The molecule has 2 rings (SSSR count). The SMILES string of the molecule is CNc1ccc2c(c1)CCC(=O)N2CCCO. The van der Waals surface area contributed by atoms with Crippen molar-refractivity contribution in [3.8, 4) is 0 Å². The monoisotopic (exact) mass is 234 g/mol. The molecule has 0 fully saturated rings. The summed E-state index contributed by atoms with van der Waals surface area (Å²) in [5, 5.41) is 12.0. The molecule has 0 saturated carbocycles. The van der Waals surface area contributed by atoms with Crippen LogP contribution >= 0.6 is 0 Å². The average molecular weight is 234 g/mol. The summed E-state index contributed by atoms with van der Waals surface area (Å²) in [5.41, 5.74) is 3.27. The first-order chi connectivity index (χ1) is 8.26. The van der Waals surface area contributed by atoms with E-state index in [1.165, 1.54) is 5.56 Å². The summed E-state index contributed by atoms with van der Waals surface area (Å²) < 4.78 is 0. The standard InChI is InChI=1S/C13H18N2O2/c1-14-11-4-5-12-10(9-11)3-6-13(17)15(12)7-2-8-16/h4-5,9,14,16H,2-3,6-8H2,1H3. The number of aliphatic hydroxyl groups is 1. The van der Waals surface area contributed by atoms with E-state index in [4.69, 9.17) is 5.11 Å². The van der Waals surface area contributed by atoms with Gasteiger partial charge < -0.3 is 15.3 Å². The summed E-state index contributed by atoms with van der Waals surface area (Å²) in [4.78, 5) is 13.6. The predicted molar refractivity (Wildman–Crippen MR) is 68.4 cm³/mol. The molecule has 1 aliphatic heterocycles. The Kier molecular flexibility index (Phi) is 3.64. The molecule has 92 valence electrons. The highest BCUT2D eigenvalue weighted by atomic mass is 16.3. The summed E-state index contributed by atoms with van der Waals surface area (Å²) in [6, 6.07) is 6.05. The molecule has 0 aromatic heterocycles. The zero-order chi connectivity index (χ0) is 12.3. The molecule has 1 aromatic rings. The van der Waals surface area contributed by atoms with Crippen LogP contribution in [0.5, 0.6) is 0 Å². The van der Waals surface area contributed by atoms with Crippen molar-refractivity contribution >= 4 is 17.3 Å². The van der Waals surface area contributed by atoms with Gasteiger partial charge in [-0.05, 0) is 36.6 Å². The number of carbonyl (C=O) groups is 1. The van der Waals surface area contributed by atoms with Gasteiger partial charge in [-0.25, -0.2) is 0 Å². The Morgan fingerprint density at radius 1 is 1.41 bits per heavy atom. The van der Waals surface area contributed by atoms with E-state index >= 15 is 0 Å². The fraction of sp³-hybridized carbons (Fsp3) is 0.462. The van der Waals surface area contributed by atoms with E-state index in [1.54, 1.807) is 4.90 Å². The van der Waals surface area contributed by atoms with Crippen LogP contribution in [-0.4, -0.2) is 31.2 Å². The normalized spacial score (nSPS) is 14.7. The van der Waals surface area contributed by atoms with Gasteiger partial charge in [-0.3, -0.25) is 4.79 Å². The maximum absolute atomic E-state index is 11.8. The fourth-order valence-electron chi connectivity index (χ4n) is 2.19. The number of rotatable bonds is 4. The Morgan fingerprint density at radius 2 is 2.24 bits per heavy atom. The molecule has 0 saturated heterocycles. The highest BCUT2D eigenvalue weighted by Crippen LogP contribution is 2.30. The third-order valence-electron chi connectivity index (χ3n) is 3.11. The molecule has 1 aromatic carbocycles. The molecule has 4 nitrogen and oxygen atoms in total. The number of hydrogen-bond donors (Lipinski definition) is 2. The second-order valence-corrected chi connectivity index (χ2v) is 4.22. The van der Waals surface area contributed by atoms with Crippen LogP contribution in [0.3, 0.4) is 0 Å². The minimum Gasteiger partial charge on any atom is -0.396 e. The first-order valence-corrected chi connectivity index (χ1v) is 5.98. The highest BCUT2D eigenvalue weighted by molar-refractivity contribution is 5.96. The molecule has 4 heteroatoms. The average Bonchev–Trinajstić information content (AvgIpc) is 2.37. The van der Waals surface area contributed by atoms with Crippen molar-refractivity contribution in [3.05, 3.63) is 23.8 Å². The molecule has 0 unspecified atom stereocenters. The highest BCUT2D eigenvalue weighted by Gasteiger charge is 2.23. The van der Waals surface area contributed by atoms with Crippen molar-refractivity contribution in [3.63, 3.8) is 0 Å². The van der Waals surface area contributed by atoms with Gasteiger partial charge in [-0.2, -0.15) is 0 Å². The lowest BCUT2D eigenvalue weighted by molar-refractivity contribution is -0.118. The number of fused-ring (bicyclic) bond motifs is 1. The number of nitrogens with zero attached hydrogens (tertiary/aromatic N) is 1. The number of hydrogen-bond acceptors (Lipinski definition) is 3. The second kappa shape index (κ2) is 5.19. The van der Waals surface area contributed by atoms with Crippen LogP contribution in [0.25, 0.3) is 0 Å². The first kappa shape index (κ1) is 11.9. The van der Waals surface area contributed by atoms with Crippen LogP contribution < -0.4 is 10.2 Å². The van der Waals surface area contributed by atoms with E-state index in [0.29, 0.717) is 19.4 Å². The fourth-order valence-corrected chi connectivity index (χ4v) is 2.19. The molecular weight excluding hydrogens is 216 g/mol. The number of aliphatic hydroxyl groups excluding tert-OH is 1. The summed E-state index contributed by atoms with van der Waals surface area (Å²) in [5.74, 6) is 0.156. The Hall–Kier alpha value is -1.55. The van der Waals surface area contributed by atoms with Crippen LogP contribution in [0.15, 0.2) is 18.2 Å². The second-order valence-electron chi connectivity index (χ2n) is 4.22. The Labute approximate surface area is 101 Å².